The summed E-state index contributed by atoms with van der Waals surface area (Å²) in [6, 6.07) is 17.7. The van der Waals surface area contributed by atoms with E-state index in [1.165, 1.54) is 0 Å². The molecule has 0 heterocycles. The Kier molecular flexibility index (Phi) is 4.09. The van der Waals surface area contributed by atoms with Gasteiger partial charge < -0.3 is 4.74 Å². The number of hydrogen-bond acceptors (Lipinski definition) is 1. The summed E-state index contributed by atoms with van der Waals surface area (Å²) in [4.78, 5) is 0. The van der Waals surface area contributed by atoms with Crippen molar-refractivity contribution in [1.82, 2.24) is 0 Å². The molecule has 0 spiro atoms. The van der Waals surface area contributed by atoms with Crippen LogP contribution in [0, 0.1) is 11.5 Å². The van der Waals surface area contributed by atoms with E-state index in [9.17, 15) is 0 Å². The monoisotopic (exact) mass is 266 g/mol. The molecule has 2 heteroatoms. The molecule has 0 aliphatic heterocycles. The number of rotatable bonds is 2. The fourth-order valence-corrected chi connectivity index (χ4v) is 2.04. The first-order valence-corrected chi connectivity index (χ1v) is 9.90. The van der Waals surface area contributed by atoms with Crippen molar-refractivity contribution in [2.24, 2.45) is 0 Å². The molecule has 0 fully saturated rings. The molecule has 2 aromatic carbocycles. The lowest BCUT2D eigenvalue weighted by atomic mass is 10.2. The number of para-hydroxylation sites is 2. The highest BCUT2D eigenvalue weighted by molar-refractivity contribution is 6.83. The van der Waals surface area contributed by atoms with Crippen LogP contribution in [0.25, 0.3) is 0 Å². The standard InChI is InChI=1S/C17H18OSi/c1-19(2,3)14-13-15-9-7-8-12-17(15)18-16-10-5-4-6-11-16/h4-12H,1-3H3. The van der Waals surface area contributed by atoms with Gasteiger partial charge in [-0.05, 0) is 24.3 Å². The van der Waals surface area contributed by atoms with E-state index >= 15 is 0 Å². The molecule has 0 bridgehead atoms. The van der Waals surface area contributed by atoms with Gasteiger partial charge in [-0.1, -0.05) is 55.9 Å². The molecule has 0 radical (unpaired) electrons. The van der Waals surface area contributed by atoms with E-state index < -0.39 is 8.07 Å². The van der Waals surface area contributed by atoms with Gasteiger partial charge in [0.25, 0.3) is 0 Å². The summed E-state index contributed by atoms with van der Waals surface area (Å²) >= 11 is 0. The summed E-state index contributed by atoms with van der Waals surface area (Å²) < 4.78 is 5.89. The van der Waals surface area contributed by atoms with Crippen molar-refractivity contribution < 1.29 is 4.74 Å². The number of benzene rings is 2. The largest absolute Gasteiger partial charge is 0.456 e. The van der Waals surface area contributed by atoms with Crippen LogP contribution in [0.4, 0.5) is 0 Å². The van der Waals surface area contributed by atoms with Crippen LogP contribution in [0.5, 0.6) is 11.5 Å². The second-order valence-corrected chi connectivity index (χ2v) is 10.2. The van der Waals surface area contributed by atoms with Gasteiger partial charge in [0, 0.05) is 0 Å². The summed E-state index contributed by atoms with van der Waals surface area (Å²) in [5, 5.41) is 0. The first-order valence-electron chi connectivity index (χ1n) is 6.40. The van der Waals surface area contributed by atoms with Crippen molar-refractivity contribution in [3.05, 3.63) is 60.2 Å². The lowest BCUT2D eigenvalue weighted by Crippen LogP contribution is -2.16. The van der Waals surface area contributed by atoms with E-state index in [2.05, 4.69) is 31.1 Å². The topological polar surface area (TPSA) is 9.23 Å². The molecule has 2 aromatic rings. The maximum atomic E-state index is 5.89. The van der Waals surface area contributed by atoms with Crippen molar-refractivity contribution in [2.75, 3.05) is 0 Å². The molecular weight excluding hydrogens is 248 g/mol. The van der Waals surface area contributed by atoms with Gasteiger partial charge in [-0.25, -0.2) is 0 Å². The van der Waals surface area contributed by atoms with E-state index in [0.717, 1.165) is 17.1 Å². The summed E-state index contributed by atoms with van der Waals surface area (Å²) in [7, 11) is -1.37. The van der Waals surface area contributed by atoms with Crippen molar-refractivity contribution >= 4 is 8.07 Å². The van der Waals surface area contributed by atoms with Gasteiger partial charge in [-0.15, -0.1) is 5.54 Å². The van der Waals surface area contributed by atoms with Gasteiger partial charge in [0.2, 0.25) is 0 Å². The average Bonchev–Trinajstić information content (AvgIpc) is 2.38. The first-order chi connectivity index (χ1) is 9.04. The van der Waals surface area contributed by atoms with Crippen LogP contribution in [0.3, 0.4) is 0 Å². The number of ether oxygens (including phenoxy) is 1. The minimum atomic E-state index is -1.37. The smallest absolute Gasteiger partial charge is 0.143 e. The van der Waals surface area contributed by atoms with Crippen LogP contribution in [-0.2, 0) is 0 Å². The summed E-state index contributed by atoms with van der Waals surface area (Å²) in [5.41, 5.74) is 4.33. The predicted octanol–water partition coefficient (Wildman–Crippen LogP) is 4.71. The third kappa shape index (κ3) is 4.31. The fraction of sp³-hybridized carbons (Fsp3) is 0.176. The Morgan fingerprint density at radius 2 is 1.47 bits per heavy atom. The minimum Gasteiger partial charge on any atom is -0.456 e. The Balaban J connectivity index is 2.29. The second-order valence-electron chi connectivity index (χ2n) is 5.41. The summed E-state index contributed by atoms with van der Waals surface area (Å²) in [6.45, 7) is 6.71. The highest BCUT2D eigenvalue weighted by atomic mass is 28.3. The van der Waals surface area contributed by atoms with Gasteiger partial charge >= 0.3 is 0 Å². The molecule has 1 nitrogen and oxygen atoms in total. The second kappa shape index (κ2) is 5.77. The molecular formula is C17H18OSi. The Hall–Kier alpha value is -1.98. The van der Waals surface area contributed by atoms with Gasteiger partial charge in [-0.2, -0.15) is 0 Å². The van der Waals surface area contributed by atoms with Crippen molar-refractivity contribution in [3.63, 3.8) is 0 Å². The van der Waals surface area contributed by atoms with Gasteiger partial charge in [0.1, 0.15) is 19.6 Å². The molecule has 0 atom stereocenters. The van der Waals surface area contributed by atoms with Crippen LogP contribution < -0.4 is 4.74 Å². The van der Waals surface area contributed by atoms with Crippen molar-refractivity contribution in [1.29, 1.82) is 0 Å². The highest BCUT2D eigenvalue weighted by Gasteiger charge is 2.08. The zero-order chi connectivity index (χ0) is 13.7. The third-order valence-electron chi connectivity index (χ3n) is 2.43. The molecule has 96 valence electrons. The lowest BCUT2D eigenvalue weighted by molar-refractivity contribution is 0.481. The molecule has 0 saturated carbocycles. The van der Waals surface area contributed by atoms with Crippen molar-refractivity contribution in [3.8, 4) is 23.0 Å². The molecule has 0 unspecified atom stereocenters. The van der Waals surface area contributed by atoms with Crippen LogP contribution in [-0.4, -0.2) is 8.07 Å². The van der Waals surface area contributed by atoms with E-state index in [0.29, 0.717) is 0 Å². The normalized spacial score (nSPS) is 10.5. The van der Waals surface area contributed by atoms with Gasteiger partial charge in [0.05, 0.1) is 5.56 Å². The Labute approximate surface area is 116 Å². The SMILES string of the molecule is C[Si](C)(C)C#Cc1ccccc1Oc1ccccc1. The molecule has 0 amide bonds. The first kappa shape index (κ1) is 13.4. The summed E-state index contributed by atoms with van der Waals surface area (Å²) in [6.07, 6.45) is 0. The van der Waals surface area contributed by atoms with E-state index in [1.54, 1.807) is 0 Å². The molecule has 0 saturated heterocycles. The fourth-order valence-electron chi connectivity index (χ4n) is 1.53. The Bertz CT molecular complexity index is 600. The van der Waals surface area contributed by atoms with E-state index in [1.807, 2.05) is 54.6 Å². The highest BCUT2D eigenvalue weighted by Crippen LogP contribution is 2.24. The van der Waals surface area contributed by atoms with Gasteiger partial charge in [0.15, 0.2) is 0 Å². The van der Waals surface area contributed by atoms with Crippen LogP contribution >= 0.6 is 0 Å². The zero-order valence-corrected chi connectivity index (χ0v) is 12.6. The predicted molar refractivity (Wildman–Crippen MR) is 83.2 cm³/mol. The minimum absolute atomic E-state index is 0.819. The third-order valence-corrected chi connectivity index (χ3v) is 3.31. The van der Waals surface area contributed by atoms with E-state index in [4.69, 9.17) is 4.74 Å². The molecule has 2 rings (SSSR count). The maximum absolute atomic E-state index is 5.89. The lowest BCUT2D eigenvalue weighted by Gasteiger charge is -2.08. The van der Waals surface area contributed by atoms with Crippen LogP contribution in [0.1, 0.15) is 5.56 Å². The summed E-state index contributed by atoms with van der Waals surface area (Å²) in [5.74, 6) is 4.92. The zero-order valence-electron chi connectivity index (χ0n) is 11.6. The number of hydrogen-bond donors (Lipinski definition) is 0. The molecule has 0 aromatic heterocycles. The van der Waals surface area contributed by atoms with Crippen molar-refractivity contribution in [2.45, 2.75) is 19.6 Å². The molecule has 19 heavy (non-hydrogen) atoms. The molecule has 0 aliphatic carbocycles. The maximum Gasteiger partial charge on any atom is 0.143 e. The Morgan fingerprint density at radius 3 is 2.16 bits per heavy atom. The van der Waals surface area contributed by atoms with Gasteiger partial charge in [-0.3, -0.25) is 0 Å². The Morgan fingerprint density at radius 1 is 0.842 bits per heavy atom. The van der Waals surface area contributed by atoms with E-state index in [-0.39, 0.29) is 0 Å². The average molecular weight is 266 g/mol. The van der Waals surface area contributed by atoms with Crippen LogP contribution in [0.2, 0.25) is 19.6 Å². The molecule has 0 N–H and O–H groups in total. The quantitative estimate of drug-likeness (QED) is 0.565. The molecule has 0 aliphatic rings. The van der Waals surface area contributed by atoms with Crippen LogP contribution in [0.15, 0.2) is 54.6 Å².